The van der Waals surface area contributed by atoms with Gasteiger partial charge in [0.25, 0.3) is 0 Å². The Kier molecular flexibility index (Phi) is 12.6. The molecule has 1 saturated heterocycles. The van der Waals surface area contributed by atoms with E-state index in [-0.39, 0.29) is 31.4 Å². The van der Waals surface area contributed by atoms with Gasteiger partial charge < -0.3 is 31.7 Å². The molecule has 1 aliphatic heterocycles. The molecule has 1 aliphatic rings. The molecule has 10 nitrogen and oxygen atoms in total. The lowest BCUT2D eigenvalue weighted by Crippen LogP contribution is -2.56. The maximum atomic E-state index is 13.5. The van der Waals surface area contributed by atoms with E-state index in [1.54, 1.807) is 0 Å². The number of rotatable bonds is 9. The van der Waals surface area contributed by atoms with Gasteiger partial charge in [0.2, 0.25) is 23.6 Å². The average molecular weight is 566 g/mol. The van der Waals surface area contributed by atoms with Gasteiger partial charge in [0.05, 0.1) is 12.1 Å². The van der Waals surface area contributed by atoms with Gasteiger partial charge in [-0.15, -0.1) is 0 Å². The molecule has 4 atom stereocenters. The summed E-state index contributed by atoms with van der Waals surface area (Å²) in [6, 6.07) is 14.2. The molecular formula is C31H43N5O5. The van der Waals surface area contributed by atoms with Gasteiger partial charge in [-0.25, -0.2) is 0 Å². The number of nitrogens with two attached hydrogens (primary N) is 1. The van der Waals surface area contributed by atoms with Crippen molar-refractivity contribution < 1.29 is 23.9 Å². The number of ether oxygens (including phenoxy) is 1. The van der Waals surface area contributed by atoms with Crippen LogP contribution in [0.15, 0.2) is 54.6 Å². The molecule has 0 aliphatic carbocycles. The second-order valence-electron chi connectivity index (χ2n) is 10.5. The van der Waals surface area contributed by atoms with Crippen molar-refractivity contribution in [3.05, 3.63) is 65.7 Å². The SMILES string of the molecule is CCC(C)Oc1ccc(C[C@@H]2NC(=O)[C@@H](NC(=O)[C@@H](N)Cc3ccccc3)CCCCNC(=O)CCNC2=O)cc1. The fraction of sp³-hybridized carbons (Fsp3) is 0.484. The summed E-state index contributed by atoms with van der Waals surface area (Å²) < 4.78 is 5.84. The molecule has 0 bridgehead atoms. The maximum Gasteiger partial charge on any atom is 0.243 e. The van der Waals surface area contributed by atoms with Crippen LogP contribution in [0, 0.1) is 0 Å². The van der Waals surface area contributed by atoms with Gasteiger partial charge >= 0.3 is 0 Å². The largest absolute Gasteiger partial charge is 0.491 e. The number of hydrogen-bond acceptors (Lipinski definition) is 6. The molecule has 0 aromatic heterocycles. The lowest BCUT2D eigenvalue weighted by molar-refractivity contribution is -0.132. The summed E-state index contributed by atoms with van der Waals surface area (Å²) in [4.78, 5) is 51.7. The number of nitrogens with one attached hydrogen (secondary N) is 4. The molecule has 0 saturated carbocycles. The molecule has 4 amide bonds. The van der Waals surface area contributed by atoms with Crippen LogP contribution >= 0.6 is 0 Å². The highest BCUT2D eigenvalue weighted by Crippen LogP contribution is 2.16. The predicted molar refractivity (Wildman–Crippen MR) is 157 cm³/mol. The summed E-state index contributed by atoms with van der Waals surface area (Å²) in [7, 11) is 0. The zero-order valence-corrected chi connectivity index (χ0v) is 24.0. The minimum atomic E-state index is -0.910. The van der Waals surface area contributed by atoms with Gasteiger partial charge in [0.15, 0.2) is 0 Å². The van der Waals surface area contributed by atoms with Crippen LogP contribution in [0.3, 0.4) is 0 Å². The minimum Gasteiger partial charge on any atom is -0.491 e. The first-order valence-corrected chi connectivity index (χ1v) is 14.5. The van der Waals surface area contributed by atoms with Gasteiger partial charge in [-0.05, 0) is 62.3 Å². The third kappa shape index (κ3) is 10.9. The van der Waals surface area contributed by atoms with Crippen LogP contribution in [0.4, 0.5) is 0 Å². The Balaban J connectivity index is 1.73. The summed E-state index contributed by atoms with van der Waals surface area (Å²) in [5.41, 5.74) is 7.91. The normalized spacial score (nSPS) is 20.4. The molecule has 222 valence electrons. The van der Waals surface area contributed by atoms with Crippen LogP contribution in [0.25, 0.3) is 0 Å². The number of carbonyl (C=O) groups excluding carboxylic acids is 4. The molecule has 3 rings (SSSR count). The van der Waals surface area contributed by atoms with Crippen molar-refractivity contribution in [3.63, 3.8) is 0 Å². The second kappa shape index (κ2) is 16.4. The highest BCUT2D eigenvalue weighted by atomic mass is 16.5. The van der Waals surface area contributed by atoms with Crippen molar-refractivity contribution in [2.45, 2.75) is 83.0 Å². The number of hydrogen-bond donors (Lipinski definition) is 5. The Bertz CT molecular complexity index is 1140. The Morgan fingerprint density at radius 3 is 2.41 bits per heavy atom. The van der Waals surface area contributed by atoms with Crippen LogP contribution in [0.1, 0.15) is 57.1 Å². The first-order valence-electron chi connectivity index (χ1n) is 14.5. The average Bonchev–Trinajstić information content (AvgIpc) is 2.96. The zero-order chi connectivity index (χ0) is 29.6. The van der Waals surface area contributed by atoms with Crippen molar-refractivity contribution >= 4 is 23.6 Å². The Morgan fingerprint density at radius 1 is 0.976 bits per heavy atom. The molecule has 1 fully saturated rings. The highest BCUT2D eigenvalue weighted by molar-refractivity contribution is 5.93. The summed E-state index contributed by atoms with van der Waals surface area (Å²) in [6.45, 7) is 4.63. The minimum absolute atomic E-state index is 0.0793. The molecule has 1 heterocycles. The topological polar surface area (TPSA) is 152 Å². The fourth-order valence-corrected chi connectivity index (χ4v) is 4.46. The maximum absolute atomic E-state index is 13.5. The van der Waals surface area contributed by atoms with E-state index >= 15 is 0 Å². The summed E-state index contributed by atoms with van der Waals surface area (Å²) in [6.07, 6.45) is 3.21. The van der Waals surface area contributed by atoms with Crippen LogP contribution in [0.2, 0.25) is 0 Å². The molecule has 0 spiro atoms. The highest BCUT2D eigenvalue weighted by Gasteiger charge is 2.28. The van der Waals surface area contributed by atoms with Crippen LogP contribution in [0.5, 0.6) is 5.75 Å². The van der Waals surface area contributed by atoms with E-state index < -0.39 is 35.8 Å². The molecule has 41 heavy (non-hydrogen) atoms. The van der Waals surface area contributed by atoms with Crippen molar-refractivity contribution in [2.75, 3.05) is 13.1 Å². The van der Waals surface area contributed by atoms with Gasteiger partial charge in [0.1, 0.15) is 17.8 Å². The summed E-state index contributed by atoms with van der Waals surface area (Å²) in [5.74, 6) is -0.738. The molecule has 2 aromatic carbocycles. The molecular weight excluding hydrogens is 522 g/mol. The van der Waals surface area contributed by atoms with Crippen LogP contribution in [-0.2, 0) is 32.0 Å². The summed E-state index contributed by atoms with van der Waals surface area (Å²) >= 11 is 0. The van der Waals surface area contributed by atoms with Gasteiger partial charge in [-0.1, -0.05) is 49.4 Å². The molecule has 6 N–H and O–H groups in total. The number of benzene rings is 2. The summed E-state index contributed by atoms with van der Waals surface area (Å²) in [5, 5.41) is 11.2. The van der Waals surface area contributed by atoms with Crippen molar-refractivity contribution in [3.8, 4) is 5.75 Å². The third-order valence-corrected chi connectivity index (χ3v) is 7.07. The monoisotopic (exact) mass is 565 g/mol. The lowest BCUT2D eigenvalue weighted by Gasteiger charge is -2.25. The predicted octanol–water partition coefficient (Wildman–Crippen LogP) is 1.75. The Morgan fingerprint density at radius 2 is 1.71 bits per heavy atom. The molecule has 2 aromatic rings. The van der Waals surface area contributed by atoms with E-state index in [0.29, 0.717) is 32.2 Å². The first kappa shape index (κ1) is 31.6. The first-order chi connectivity index (χ1) is 19.7. The van der Waals surface area contributed by atoms with Crippen LogP contribution < -0.4 is 31.7 Å². The zero-order valence-electron chi connectivity index (χ0n) is 24.0. The van der Waals surface area contributed by atoms with E-state index in [9.17, 15) is 19.2 Å². The van der Waals surface area contributed by atoms with Crippen molar-refractivity contribution in [1.82, 2.24) is 21.3 Å². The lowest BCUT2D eigenvalue weighted by atomic mass is 10.0. The van der Waals surface area contributed by atoms with Gasteiger partial charge in [-0.3, -0.25) is 19.2 Å². The standard InChI is InChI=1S/C31H43N5O5/c1-3-21(2)41-24-14-12-23(13-15-24)20-27-30(39)34-18-16-28(37)33-17-8-7-11-26(31(40)36-27)35-29(38)25(32)19-22-9-5-4-6-10-22/h4-6,9-10,12-15,21,25-27H,3,7-8,11,16-20,32H2,1-2H3,(H,33,37)(H,34,39)(H,35,38)(H,36,40)/t21?,25-,26-,27-/m0/s1. The number of amides is 4. The Hall–Kier alpha value is -3.92. The smallest absolute Gasteiger partial charge is 0.243 e. The Labute approximate surface area is 242 Å². The molecule has 10 heteroatoms. The van der Waals surface area contributed by atoms with E-state index in [2.05, 4.69) is 21.3 Å². The van der Waals surface area contributed by atoms with Crippen LogP contribution in [-0.4, -0.2) is 60.9 Å². The molecule has 0 radical (unpaired) electrons. The number of carbonyl (C=O) groups is 4. The van der Waals surface area contributed by atoms with E-state index in [1.165, 1.54) is 0 Å². The van der Waals surface area contributed by atoms with Gasteiger partial charge in [0, 0.05) is 25.9 Å². The van der Waals surface area contributed by atoms with Crippen molar-refractivity contribution in [1.29, 1.82) is 0 Å². The van der Waals surface area contributed by atoms with Gasteiger partial charge in [-0.2, -0.15) is 0 Å². The third-order valence-electron chi connectivity index (χ3n) is 7.07. The van der Waals surface area contributed by atoms with E-state index in [4.69, 9.17) is 10.5 Å². The molecule has 1 unspecified atom stereocenters. The second-order valence-corrected chi connectivity index (χ2v) is 10.5. The van der Waals surface area contributed by atoms with E-state index in [0.717, 1.165) is 23.3 Å². The van der Waals surface area contributed by atoms with E-state index in [1.807, 2.05) is 68.4 Å². The fourth-order valence-electron chi connectivity index (χ4n) is 4.46. The quantitative estimate of drug-likeness (QED) is 0.313. The van der Waals surface area contributed by atoms with Crippen molar-refractivity contribution in [2.24, 2.45) is 5.73 Å².